The number of allylic oxidation sites excluding steroid dienone is 4. The van der Waals surface area contributed by atoms with Crippen LogP contribution in [0.5, 0.6) is 0 Å². The lowest BCUT2D eigenvalue weighted by atomic mass is 10.2. The van der Waals surface area contributed by atoms with Crippen molar-refractivity contribution in [2.45, 2.75) is 13.8 Å². The Morgan fingerprint density at radius 1 is 1.15 bits per heavy atom. The molecule has 13 heavy (non-hydrogen) atoms. The van der Waals surface area contributed by atoms with Crippen LogP contribution in [0.3, 0.4) is 0 Å². The van der Waals surface area contributed by atoms with Gasteiger partial charge in [0.05, 0.1) is 9.39 Å². The summed E-state index contributed by atoms with van der Waals surface area (Å²) in [6.07, 6.45) is 4.41. The van der Waals surface area contributed by atoms with Gasteiger partial charge in [-0.05, 0) is 22.2 Å². The average molecular weight is 263 g/mol. The van der Waals surface area contributed by atoms with Crippen molar-refractivity contribution < 1.29 is 9.59 Å². The van der Waals surface area contributed by atoms with E-state index in [1.165, 1.54) is 23.9 Å². The van der Waals surface area contributed by atoms with Crippen LogP contribution >= 0.6 is 27.7 Å². The number of hydrogen-bond donors (Lipinski definition) is 0. The Morgan fingerprint density at radius 3 is 2.15 bits per heavy atom. The Morgan fingerprint density at radius 2 is 1.69 bits per heavy atom. The van der Waals surface area contributed by atoms with Gasteiger partial charge in [0.1, 0.15) is 0 Å². The van der Waals surface area contributed by atoms with Gasteiger partial charge in [-0.15, -0.1) is 11.8 Å². The fourth-order valence-corrected chi connectivity index (χ4v) is 1.48. The molecule has 0 aromatic carbocycles. The zero-order valence-corrected chi connectivity index (χ0v) is 10.2. The van der Waals surface area contributed by atoms with Gasteiger partial charge in [0.15, 0.2) is 11.6 Å². The van der Waals surface area contributed by atoms with Crippen LogP contribution in [0.4, 0.5) is 0 Å². The molecule has 0 saturated heterocycles. The van der Waals surface area contributed by atoms with E-state index in [0.29, 0.717) is 9.39 Å². The first kappa shape index (κ1) is 12.7. The molecule has 1 aliphatic carbocycles. The molecule has 0 amide bonds. The zero-order valence-electron chi connectivity index (χ0n) is 7.76. The third kappa shape index (κ3) is 3.48. The highest BCUT2D eigenvalue weighted by atomic mass is 79.9. The number of ketones is 2. The van der Waals surface area contributed by atoms with Gasteiger partial charge in [-0.2, -0.15) is 0 Å². The Kier molecular flexibility index (Phi) is 5.99. The quantitative estimate of drug-likeness (QED) is 0.682. The lowest BCUT2D eigenvalue weighted by molar-refractivity contribution is -0.114. The second kappa shape index (κ2) is 6.16. The van der Waals surface area contributed by atoms with E-state index in [0.717, 1.165) is 0 Å². The smallest absolute Gasteiger partial charge is 0.194 e. The molecule has 0 N–H and O–H groups in total. The molecule has 4 heteroatoms. The highest BCUT2D eigenvalue weighted by Gasteiger charge is 2.16. The van der Waals surface area contributed by atoms with Gasteiger partial charge in [0.25, 0.3) is 0 Å². The van der Waals surface area contributed by atoms with Crippen molar-refractivity contribution in [3.05, 3.63) is 21.5 Å². The van der Waals surface area contributed by atoms with Gasteiger partial charge in [0.2, 0.25) is 0 Å². The molecular weight excluding hydrogens is 252 g/mol. The van der Waals surface area contributed by atoms with Crippen LogP contribution in [-0.4, -0.2) is 17.8 Å². The molecule has 1 rings (SSSR count). The monoisotopic (exact) mass is 262 g/mol. The molecular formula is C9H11BrO2S. The van der Waals surface area contributed by atoms with Crippen molar-refractivity contribution in [2.24, 2.45) is 0 Å². The van der Waals surface area contributed by atoms with Crippen LogP contribution < -0.4 is 0 Å². The second-order valence-electron chi connectivity index (χ2n) is 1.93. The Hall–Kier alpha value is -0.350. The summed E-state index contributed by atoms with van der Waals surface area (Å²) in [7, 11) is 0. The van der Waals surface area contributed by atoms with Crippen LogP contribution in [0.2, 0.25) is 0 Å². The van der Waals surface area contributed by atoms with E-state index < -0.39 is 0 Å². The SMILES string of the molecule is CC.CSC1=CC(=O)C(Br)=CC1=O. The Balaban J connectivity index is 0.000000671. The Bertz CT molecular complexity index is 279. The van der Waals surface area contributed by atoms with Crippen molar-refractivity contribution >= 4 is 39.3 Å². The molecule has 2 nitrogen and oxygen atoms in total. The lowest BCUT2D eigenvalue weighted by Gasteiger charge is -2.04. The molecule has 0 spiro atoms. The van der Waals surface area contributed by atoms with Gasteiger partial charge >= 0.3 is 0 Å². The summed E-state index contributed by atoms with van der Waals surface area (Å²) in [6.45, 7) is 4.00. The summed E-state index contributed by atoms with van der Waals surface area (Å²) in [5.74, 6) is -0.252. The summed E-state index contributed by atoms with van der Waals surface area (Å²) in [5.41, 5.74) is 0. The number of thioether (sulfide) groups is 1. The lowest BCUT2D eigenvalue weighted by Crippen LogP contribution is -2.07. The number of rotatable bonds is 1. The molecule has 0 radical (unpaired) electrons. The molecule has 0 fully saturated rings. The maximum atomic E-state index is 11.0. The van der Waals surface area contributed by atoms with Crippen LogP contribution in [0.15, 0.2) is 21.5 Å². The second-order valence-corrected chi connectivity index (χ2v) is 3.64. The summed E-state index contributed by atoms with van der Waals surface area (Å²) >= 11 is 4.27. The van der Waals surface area contributed by atoms with Crippen LogP contribution in [0.25, 0.3) is 0 Å². The third-order valence-electron chi connectivity index (χ3n) is 1.22. The van der Waals surface area contributed by atoms with E-state index in [4.69, 9.17) is 0 Å². The molecule has 0 aromatic heterocycles. The summed E-state index contributed by atoms with van der Waals surface area (Å²) in [6, 6.07) is 0. The molecule has 0 heterocycles. The fourth-order valence-electron chi connectivity index (χ4n) is 0.676. The highest BCUT2D eigenvalue weighted by molar-refractivity contribution is 9.12. The summed E-state index contributed by atoms with van der Waals surface area (Å²) in [5, 5.41) is 0. The zero-order chi connectivity index (χ0) is 10.4. The molecule has 1 aliphatic rings. The van der Waals surface area contributed by atoms with E-state index in [2.05, 4.69) is 15.9 Å². The van der Waals surface area contributed by atoms with E-state index in [1.807, 2.05) is 13.8 Å². The Labute approximate surface area is 90.6 Å². The van der Waals surface area contributed by atoms with E-state index >= 15 is 0 Å². The van der Waals surface area contributed by atoms with Gasteiger partial charge in [0, 0.05) is 12.2 Å². The predicted octanol–water partition coefficient (Wildman–Crippen LogP) is 2.69. The van der Waals surface area contributed by atoms with Crippen molar-refractivity contribution in [1.82, 2.24) is 0 Å². The van der Waals surface area contributed by atoms with Crippen LogP contribution in [0, 0.1) is 0 Å². The van der Waals surface area contributed by atoms with Gasteiger partial charge in [-0.25, -0.2) is 0 Å². The molecule has 0 aliphatic heterocycles. The minimum Gasteiger partial charge on any atom is -0.289 e. The predicted molar refractivity (Wildman–Crippen MR) is 60.0 cm³/mol. The van der Waals surface area contributed by atoms with Gasteiger partial charge in [-0.1, -0.05) is 13.8 Å². The van der Waals surface area contributed by atoms with E-state index in [1.54, 1.807) is 6.26 Å². The van der Waals surface area contributed by atoms with E-state index in [-0.39, 0.29) is 11.6 Å². The maximum absolute atomic E-state index is 11.0. The van der Waals surface area contributed by atoms with Crippen LogP contribution in [0.1, 0.15) is 13.8 Å². The minimum absolute atomic E-state index is 0.107. The largest absolute Gasteiger partial charge is 0.289 e. The standard InChI is InChI=1S/C7H5BrO2S.C2H6/c1-11-7-3-5(9)4(8)2-6(7)10;1-2/h2-3H,1H3;1-2H3. The topological polar surface area (TPSA) is 34.1 Å². The first-order valence-electron chi connectivity index (χ1n) is 3.86. The molecule has 0 atom stereocenters. The van der Waals surface area contributed by atoms with Gasteiger partial charge in [-0.3, -0.25) is 9.59 Å². The van der Waals surface area contributed by atoms with Crippen molar-refractivity contribution in [3.63, 3.8) is 0 Å². The third-order valence-corrected chi connectivity index (χ3v) is 2.60. The first-order valence-corrected chi connectivity index (χ1v) is 5.88. The normalized spacial score (nSPS) is 15.7. The molecule has 0 aromatic rings. The number of hydrogen-bond acceptors (Lipinski definition) is 3. The average Bonchev–Trinajstić information content (AvgIpc) is 2.15. The summed E-state index contributed by atoms with van der Waals surface area (Å²) < 4.78 is 0.334. The molecule has 0 bridgehead atoms. The number of carbonyl (C=O) groups is 2. The number of halogens is 1. The molecule has 72 valence electrons. The summed E-state index contributed by atoms with van der Waals surface area (Å²) in [4.78, 5) is 22.5. The minimum atomic E-state index is -0.144. The van der Waals surface area contributed by atoms with Gasteiger partial charge < -0.3 is 0 Å². The molecule has 0 saturated carbocycles. The number of carbonyl (C=O) groups excluding carboxylic acids is 2. The van der Waals surface area contributed by atoms with Crippen molar-refractivity contribution in [1.29, 1.82) is 0 Å². The van der Waals surface area contributed by atoms with E-state index in [9.17, 15) is 9.59 Å². The first-order chi connectivity index (χ1) is 6.15. The maximum Gasteiger partial charge on any atom is 0.194 e. The van der Waals surface area contributed by atoms with Crippen molar-refractivity contribution in [2.75, 3.05) is 6.26 Å². The molecule has 0 unspecified atom stereocenters. The van der Waals surface area contributed by atoms with Crippen LogP contribution in [-0.2, 0) is 9.59 Å². The highest BCUT2D eigenvalue weighted by Crippen LogP contribution is 2.22. The van der Waals surface area contributed by atoms with Crippen molar-refractivity contribution in [3.8, 4) is 0 Å². The fraction of sp³-hybridized carbons (Fsp3) is 0.333.